The van der Waals surface area contributed by atoms with E-state index in [0.717, 1.165) is 21.4 Å². The number of benzene rings is 2. The highest BCUT2D eigenvalue weighted by molar-refractivity contribution is 7.22. The van der Waals surface area contributed by atoms with E-state index in [-0.39, 0.29) is 12.4 Å². The average Bonchev–Trinajstić information content (AvgIpc) is 3.41. The van der Waals surface area contributed by atoms with Crippen molar-refractivity contribution < 1.29 is 23.4 Å². The first-order chi connectivity index (χ1) is 16.0. The van der Waals surface area contributed by atoms with Gasteiger partial charge in [-0.15, -0.1) is 11.3 Å². The number of rotatable bonds is 5. The molecule has 0 spiro atoms. The predicted octanol–water partition coefficient (Wildman–Crippen LogP) is 4.41. The topological polar surface area (TPSA) is 95.5 Å². The van der Waals surface area contributed by atoms with Crippen LogP contribution in [0.5, 0.6) is 11.6 Å². The van der Waals surface area contributed by atoms with Crippen molar-refractivity contribution in [1.29, 1.82) is 0 Å². The Morgan fingerprint density at radius 3 is 2.94 bits per heavy atom. The molecule has 10 heteroatoms. The molecule has 0 saturated carbocycles. The molecular formula is C23H21FN4O4S. The first-order valence-corrected chi connectivity index (χ1v) is 11.3. The molecule has 0 fully saturated rings. The van der Waals surface area contributed by atoms with Gasteiger partial charge in [-0.1, -0.05) is 0 Å². The summed E-state index contributed by atoms with van der Waals surface area (Å²) in [7, 11) is 1.55. The van der Waals surface area contributed by atoms with E-state index in [1.165, 1.54) is 17.4 Å². The van der Waals surface area contributed by atoms with Gasteiger partial charge in [0.25, 0.3) is 0 Å². The van der Waals surface area contributed by atoms with Crippen molar-refractivity contribution in [3.05, 3.63) is 41.3 Å². The number of nitrogens with one attached hydrogen (secondary N) is 1. The molecular weight excluding hydrogens is 447 g/mol. The van der Waals surface area contributed by atoms with E-state index in [9.17, 15) is 9.18 Å². The molecule has 170 valence electrons. The standard InChI is InChI=1S/C23H21FN4O4S/c1-4-25-23(29)31-10-12-7-14-20(32-12)15(24)8-17-21(14)33-22(28-17)13-5-11(2)6-16-19(13)26-9-18(27-16)30-3/h5-6,8-9,12H,4,7,10H2,1-3H3,(H,25,29)/t12-/m0/s1. The molecule has 0 unspecified atom stereocenters. The van der Waals surface area contributed by atoms with Crippen LogP contribution in [0.2, 0.25) is 0 Å². The molecule has 0 bridgehead atoms. The molecule has 0 saturated heterocycles. The van der Waals surface area contributed by atoms with Gasteiger partial charge in [0.1, 0.15) is 17.7 Å². The lowest BCUT2D eigenvalue weighted by molar-refractivity contribution is 0.0914. The lowest BCUT2D eigenvalue weighted by Gasteiger charge is -2.11. The van der Waals surface area contributed by atoms with Crippen molar-refractivity contribution in [1.82, 2.24) is 20.3 Å². The average molecular weight is 469 g/mol. The van der Waals surface area contributed by atoms with Gasteiger partial charge in [-0.2, -0.15) is 0 Å². The van der Waals surface area contributed by atoms with Crippen molar-refractivity contribution in [3.63, 3.8) is 0 Å². The minimum absolute atomic E-state index is 0.0348. The summed E-state index contributed by atoms with van der Waals surface area (Å²) >= 11 is 1.46. The summed E-state index contributed by atoms with van der Waals surface area (Å²) in [5.74, 6) is 0.149. The zero-order valence-electron chi connectivity index (χ0n) is 18.3. The number of alkyl carbamates (subject to hydrolysis) is 1. The summed E-state index contributed by atoms with van der Waals surface area (Å²) in [6.45, 7) is 4.28. The maximum Gasteiger partial charge on any atom is 0.407 e. The van der Waals surface area contributed by atoms with Crippen LogP contribution >= 0.6 is 11.3 Å². The van der Waals surface area contributed by atoms with Crippen LogP contribution in [0.25, 0.3) is 31.8 Å². The van der Waals surface area contributed by atoms with E-state index in [2.05, 4.69) is 15.3 Å². The zero-order chi connectivity index (χ0) is 23.1. The molecule has 2 aromatic heterocycles. The smallest absolute Gasteiger partial charge is 0.407 e. The normalized spacial score (nSPS) is 14.8. The summed E-state index contributed by atoms with van der Waals surface area (Å²) in [6, 6.07) is 5.32. The number of aromatic nitrogens is 3. The number of thiazole rings is 1. The van der Waals surface area contributed by atoms with E-state index in [1.54, 1.807) is 20.2 Å². The molecule has 0 radical (unpaired) electrons. The van der Waals surface area contributed by atoms with E-state index < -0.39 is 18.0 Å². The van der Waals surface area contributed by atoms with E-state index in [4.69, 9.17) is 19.2 Å². The molecule has 1 atom stereocenters. The molecule has 5 rings (SSSR count). The molecule has 1 aliphatic heterocycles. The highest BCUT2D eigenvalue weighted by Gasteiger charge is 2.31. The lowest BCUT2D eigenvalue weighted by atomic mass is 10.1. The fraction of sp³-hybridized carbons (Fsp3) is 0.304. The monoisotopic (exact) mass is 468 g/mol. The molecule has 2 aromatic carbocycles. The van der Waals surface area contributed by atoms with Crippen LogP contribution in [0, 0.1) is 12.7 Å². The quantitative estimate of drug-likeness (QED) is 0.463. The predicted molar refractivity (Wildman–Crippen MR) is 123 cm³/mol. The van der Waals surface area contributed by atoms with Gasteiger partial charge in [0.2, 0.25) is 5.88 Å². The summed E-state index contributed by atoms with van der Waals surface area (Å²) in [4.78, 5) is 25.3. The number of carbonyl (C=O) groups excluding carboxylic acids is 1. The number of hydrogen-bond acceptors (Lipinski definition) is 8. The minimum atomic E-state index is -0.521. The highest BCUT2D eigenvalue weighted by atomic mass is 32.1. The Morgan fingerprint density at radius 2 is 2.15 bits per heavy atom. The van der Waals surface area contributed by atoms with Crippen LogP contribution in [0.1, 0.15) is 18.1 Å². The van der Waals surface area contributed by atoms with E-state index >= 15 is 0 Å². The molecule has 1 aliphatic rings. The van der Waals surface area contributed by atoms with Gasteiger partial charge in [-0.05, 0) is 31.5 Å². The second kappa shape index (κ2) is 8.43. The van der Waals surface area contributed by atoms with Crippen LogP contribution in [0.15, 0.2) is 24.4 Å². The third kappa shape index (κ3) is 3.91. The summed E-state index contributed by atoms with van der Waals surface area (Å²) in [5, 5.41) is 3.28. The third-order valence-corrected chi connectivity index (χ3v) is 6.49. The highest BCUT2D eigenvalue weighted by Crippen LogP contribution is 2.43. The van der Waals surface area contributed by atoms with E-state index in [0.29, 0.717) is 40.4 Å². The fourth-order valence-electron chi connectivity index (χ4n) is 3.91. The Balaban J connectivity index is 1.53. The van der Waals surface area contributed by atoms with Crippen molar-refractivity contribution >= 4 is 38.7 Å². The van der Waals surface area contributed by atoms with Gasteiger partial charge in [0, 0.05) is 30.2 Å². The van der Waals surface area contributed by atoms with Crippen LogP contribution in [0.4, 0.5) is 9.18 Å². The summed E-state index contributed by atoms with van der Waals surface area (Å²) in [5.41, 5.74) is 4.51. The molecule has 4 aromatic rings. The molecule has 8 nitrogen and oxygen atoms in total. The largest absolute Gasteiger partial charge is 0.483 e. The van der Waals surface area contributed by atoms with Crippen LogP contribution < -0.4 is 14.8 Å². The first-order valence-electron chi connectivity index (χ1n) is 10.5. The summed E-state index contributed by atoms with van der Waals surface area (Å²) < 4.78 is 31.8. The van der Waals surface area contributed by atoms with Gasteiger partial charge < -0.3 is 19.5 Å². The van der Waals surface area contributed by atoms with Gasteiger partial charge >= 0.3 is 6.09 Å². The Labute approximate surface area is 192 Å². The molecule has 3 heterocycles. The van der Waals surface area contributed by atoms with Gasteiger partial charge in [0.05, 0.1) is 34.6 Å². The lowest BCUT2D eigenvalue weighted by Crippen LogP contribution is -2.29. The van der Waals surface area contributed by atoms with E-state index in [1.807, 2.05) is 19.1 Å². The maximum absolute atomic E-state index is 14.8. The Kier molecular flexibility index (Phi) is 5.45. The summed E-state index contributed by atoms with van der Waals surface area (Å²) in [6.07, 6.45) is 1.02. The number of amides is 1. The van der Waals surface area contributed by atoms with Crippen molar-refractivity contribution in [2.24, 2.45) is 0 Å². The molecule has 33 heavy (non-hydrogen) atoms. The Bertz CT molecular complexity index is 1390. The number of hydrogen-bond donors (Lipinski definition) is 1. The third-order valence-electron chi connectivity index (χ3n) is 5.33. The molecule has 0 aliphatic carbocycles. The number of halogens is 1. The number of methoxy groups -OCH3 is 1. The van der Waals surface area contributed by atoms with Crippen LogP contribution in [-0.4, -0.2) is 47.4 Å². The number of fused-ring (bicyclic) bond motifs is 4. The second-order valence-electron chi connectivity index (χ2n) is 7.70. The fourth-order valence-corrected chi connectivity index (χ4v) is 5.02. The Morgan fingerprint density at radius 1 is 1.30 bits per heavy atom. The minimum Gasteiger partial charge on any atom is -0.483 e. The maximum atomic E-state index is 14.8. The number of nitrogens with zero attached hydrogens (tertiary/aromatic N) is 3. The number of ether oxygens (including phenoxy) is 3. The van der Waals surface area contributed by atoms with Gasteiger partial charge in [-0.25, -0.2) is 24.1 Å². The van der Waals surface area contributed by atoms with Crippen molar-refractivity contribution in [2.45, 2.75) is 26.4 Å². The molecule has 1 N–H and O–H groups in total. The van der Waals surface area contributed by atoms with Crippen LogP contribution in [-0.2, 0) is 11.2 Å². The van der Waals surface area contributed by atoms with Crippen LogP contribution in [0.3, 0.4) is 0 Å². The molecule has 1 amide bonds. The van der Waals surface area contributed by atoms with Gasteiger partial charge in [0.15, 0.2) is 11.6 Å². The van der Waals surface area contributed by atoms with Crippen molar-refractivity contribution in [3.8, 4) is 22.2 Å². The zero-order valence-corrected chi connectivity index (χ0v) is 19.1. The number of aryl methyl sites for hydroxylation is 1. The van der Waals surface area contributed by atoms with Crippen molar-refractivity contribution in [2.75, 3.05) is 20.3 Å². The Hall–Kier alpha value is -3.53. The van der Waals surface area contributed by atoms with Gasteiger partial charge in [-0.3, -0.25) is 0 Å². The second-order valence-corrected chi connectivity index (χ2v) is 8.70. The SMILES string of the molecule is CCNC(=O)OC[C@@H]1Cc2c(c(F)cc3nc(-c4cc(C)cc5nc(OC)cnc45)sc23)O1. The number of carbonyl (C=O) groups is 1. The first kappa shape index (κ1) is 21.3.